The number of carbonyl (C=O) groups is 2. The average molecular weight is 353 g/mol. The Balaban J connectivity index is 2.29. The molecule has 0 fully saturated rings. The van der Waals surface area contributed by atoms with Crippen LogP contribution in [0.5, 0.6) is 0 Å². The van der Waals surface area contributed by atoms with E-state index in [0.717, 1.165) is 10.2 Å². The predicted octanol–water partition coefficient (Wildman–Crippen LogP) is 2.54. The molecule has 1 amide bonds. The summed E-state index contributed by atoms with van der Waals surface area (Å²) < 4.78 is 5.98. The van der Waals surface area contributed by atoms with Gasteiger partial charge in [0.05, 0.1) is 18.7 Å². The zero-order valence-electron chi connectivity index (χ0n) is 12.0. The molecule has 21 heavy (non-hydrogen) atoms. The Bertz CT molecular complexity index is 581. The number of hydrogen-bond donors (Lipinski definition) is 1. The Kier molecular flexibility index (Phi) is 5.01. The van der Waals surface area contributed by atoms with E-state index < -0.39 is 5.97 Å². The minimum atomic E-state index is -0.443. The fraction of sp³-hybridized carbons (Fsp3) is 0.333. The molecule has 0 bridgehead atoms. The second kappa shape index (κ2) is 6.76. The number of benzene rings is 1. The number of esters is 1. The van der Waals surface area contributed by atoms with Gasteiger partial charge in [0.15, 0.2) is 0 Å². The van der Waals surface area contributed by atoms with Gasteiger partial charge in [-0.3, -0.25) is 4.79 Å². The number of hydrogen-bond acceptors (Lipinski definition) is 4. The molecule has 1 aliphatic rings. The normalized spacial score (nSPS) is 14.6. The van der Waals surface area contributed by atoms with Crippen molar-refractivity contribution in [1.82, 2.24) is 4.90 Å². The van der Waals surface area contributed by atoms with Crippen molar-refractivity contribution in [2.45, 2.75) is 13.8 Å². The van der Waals surface area contributed by atoms with Gasteiger partial charge in [-0.15, -0.1) is 0 Å². The Morgan fingerprint density at radius 2 is 2.00 bits per heavy atom. The number of nitrogens with one attached hydrogen (secondary N) is 1. The van der Waals surface area contributed by atoms with Gasteiger partial charge in [-0.1, -0.05) is 15.9 Å². The quantitative estimate of drug-likeness (QED) is 0.827. The highest BCUT2D eigenvalue weighted by Gasteiger charge is 2.33. The van der Waals surface area contributed by atoms with Crippen molar-refractivity contribution in [1.29, 1.82) is 0 Å². The summed E-state index contributed by atoms with van der Waals surface area (Å²) in [5.41, 5.74) is 1.44. The van der Waals surface area contributed by atoms with E-state index in [0.29, 0.717) is 17.8 Å². The molecule has 1 aromatic rings. The van der Waals surface area contributed by atoms with Crippen molar-refractivity contribution in [3.63, 3.8) is 0 Å². The van der Waals surface area contributed by atoms with Crippen LogP contribution in [0, 0.1) is 0 Å². The lowest BCUT2D eigenvalue weighted by molar-refractivity contribution is -0.138. The van der Waals surface area contributed by atoms with Gasteiger partial charge < -0.3 is 15.0 Å². The van der Waals surface area contributed by atoms with Gasteiger partial charge in [0.2, 0.25) is 0 Å². The summed E-state index contributed by atoms with van der Waals surface area (Å²) >= 11 is 3.36. The highest BCUT2D eigenvalue weighted by atomic mass is 79.9. The first kappa shape index (κ1) is 15.6. The topological polar surface area (TPSA) is 58.6 Å². The zero-order chi connectivity index (χ0) is 15.4. The highest BCUT2D eigenvalue weighted by molar-refractivity contribution is 9.10. The third-order valence-electron chi connectivity index (χ3n) is 3.17. The van der Waals surface area contributed by atoms with Crippen LogP contribution in [0.1, 0.15) is 13.8 Å². The number of ether oxygens (including phenoxy) is 1. The Morgan fingerprint density at radius 1 is 1.33 bits per heavy atom. The molecular weight excluding hydrogens is 336 g/mol. The number of carbonyl (C=O) groups excluding carboxylic acids is 2. The number of halogens is 1. The molecular formula is C15H17BrN2O3. The van der Waals surface area contributed by atoms with Crippen LogP contribution in [0.4, 0.5) is 5.69 Å². The first-order valence-electron chi connectivity index (χ1n) is 6.79. The first-order valence-corrected chi connectivity index (χ1v) is 7.58. The Hall–Kier alpha value is -1.82. The van der Waals surface area contributed by atoms with E-state index in [2.05, 4.69) is 21.2 Å². The summed E-state index contributed by atoms with van der Waals surface area (Å²) in [4.78, 5) is 25.9. The number of likely N-dealkylation sites (N-methyl/N-ethyl adjacent to an activating group) is 1. The minimum Gasteiger partial charge on any atom is -0.463 e. The van der Waals surface area contributed by atoms with Crippen LogP contribution in [0.2, 0.25) is 0 Å². The van der Waals surface area contributed by atoms with Crippen molar-refractivity contribution >= 4 is 33.5 Å². The number of rotatable bonds is 5. The fourth-order valence-electron chi connectivity index (χ4n) is 2.08. The highest BCUT2D eigenvalue weighted by Crippen LogP contribution is 2.23. The van der Waals surface area contributed by atoms with E-state index >= 15 is 0 Å². The number of nitrogens with zero attached hydrogens (tertiary/aromatic N) is 1. The van der Waals surface area contributed by atoms with Gasteiger partial charge in [0.25, 0.3) is 5.91 Å². The van der Waals surface area contributed by atoms with E-state index in [-0.39, 0.29) is 19.1 Å². The molecule has 1 heterocycles. The number of anilines is 1. The van der Waals surface area contributed by atoms with Gasteiger partial charge in [-0.2, -0.15) is 0 Å². The maximum atomic E-state index is 12.3. The summed E-state index contributed by atoms with van der Waals surface area (Å²) in [6.45, 7) is 4.74. The molecule has 0 aromatic heterocycles. The molecule has 1 aliphatic heterocycles. The fourth-order valence-corrected chi connectivity index (χ4v) is 2.34. The molecule has 1 N–H and O–H groups in total. The van der Waals surface area contributed by atoms with E-state index in [9.17, 15) is 9.59 Å². The van der Waals surface area contributed by atoms with Crippen LogP contribution in [0.3, 0.4) is 0 Å². The zero-order valence-corrected chi connectivity index (χ0v) is 13.6. The molecule has 1 aromatic carbocycles. The molecule has 0 aliphatic carbocycles. The Labute approximate surface area is 132 Å². The molecule has 6 heteroatoms. The van der Waals surface area contributed by atoms with Crippen molar-refractivity contribution in [2.24, 2.45) is 0 Å². The van der Waals surface area contributed by atoms with Crippen molar-refractivity contribution in [3.05, 3.63) is 40.0 Å². The second-order valence-electron chi connectivity index (χ2n) is 4.53. The molecule has 2 rings (SSSR count). The lowest BCUT2D eigenvalue weighted by Gasteiger charge is -2.13. The van der Waals surface area contributed by atoms with E-state index in [1.807, 2.05) is 31.2 Å². The minimum absolute atomic E-state index is 0.177. The van der Waals surface area contributed by atoms with Crippen LogP contribution in [0.25, 0.3) is 0 Å². The SMILES string of the molecule is CCOC(=O)C1=C(Nc2ccc(Br)cc2)C(=O)N(CC)C1. The van der Waals surface area contributed by atoms with Crippen LogP contribution in [-0.2, 0) is 14.3 Å². The smallest absolute Gasteiger partial charge is 0.338 e. The third-order valence-corrected chi connectivity index (χ3v) is 3.70. The van der Waals surface area contributed by atoms with Gasteiger partial charge >= 0.3 is 5.97 Å². The summed E-state index contributed by atoms with van der Waals surface area (Å²) in [5.74, 6) is -0.620. The van der Waals surface area contributed by atoms with Gasteiger partial charge in [0.1, 0.15) is 5.70 Å². The maximum Gasteiger partial charge on any atom is 0.338 e. The lowest BCUT2D eigenvalue weighted by Crippen LogP contribution is -2.28. The third kappa shape index (κ3) is 3.44. The van der Waals surface area contributed by atoms with Crippen LogP contribution in [0.15, 0.2) is 40.0 Å². The average Bonchev–Trinajstić information content (AvgIpc) is 2.78. The van der Waals surface area contributed by atoms with Gasteiger partial charge in [0, 0.05) is 16.7 Å². The van der Waals surface area contributed by atoms with Gasteiger partial charge in [-0.25, -0.2) is 4.79 Å². The van der Waals surface area contributed by atoms with Crippen molar-refractivity contribution in [3.8, 4) is 0 Å². The molecule has 0 atom stereocenters. The van der Waals surface area contributed by atoms with E-state index in [1.165, 1.54) is 0 Å². The molecule has 0 spiro atoms. The monoisotopic (exact) mass is 352 g/mol. The second-order valence-corrected chi connectivity index (χ2v) is 5.44. The standard InChI is InChI=1S/C15H17BrN2O3/c1-3-18-9-12(15(20)21-4-2)13(14(18)19)17-11-7-5-10(16)6-8-11/h5-8,17H,3-4,9H2,1-2H3. The molecule has 0 unspecified atom stereocenters. The van der Waals surface area contributed by atoms with Crippen molar-refractivity contribution in [2.75, 3.05) is 25.0 Å². The lowest BCUT2D eigenvalue weighted by atomic mass is 10.2. The van der Waals surface area contributed by atoms with Crippen LogP contribution >= 0.6 is 15.9 Å². The molecule has 0 radical (unpaired) electrons. The molecule has 112 valence electrons. The first-order chi connectivity index (χ1) is 10.1. The molecule has 5 nitrogen and oxygen atoms in total. The molecule has 0 saturated heterocycles. The summed E-state index contributed by atoms with van der Waals surface area (Å²) in [7, 11) is 0. The summed E-state index contributed by atoms with van der Waals surface area (Å²) in [6.07, 6.45) is 0. The van der Waals surface area contributed by atoms with Crippen LogP contribution < -0.4 is 5.32 Å². The molecule has 0 saturated carbocycles. The van der Waals surface area contributed by atoms with E-state index in [1.54, 1.807) is 11.8 Å². The van der Waals surface area contributed by atoms with Crippen LogP contribution in [-0.4, -0.2) is 36.5 Å². The number of amides is 1. The largest absolute Gasteiger partial charge is 0.463 e. The predicted molar refractivity (Wildman–Crippen MR) is 83.7 cm³/mol. The Morgan fingerprint density at radius 3 is 2.57 bits per heavy atom. The summed E-state index contributed by atoms with van der Waals surface area (Å²) in [6, 6.07) is 7.40. The van der Waals surface area contributed by atoms with Crippen molar-refractivity contribution < 1.29 is 14.3 Å². The maximum absolute atomic E-state index is 12.3. The van der Waals surface area contributed by atoms with E-state index in [4.69, 9.17) is 4.74 Å². The summed E-state index contributed by atoms with van der Waals surface area (Å²) in [5, 5.41) is 3.04. The van der Waals surface area contributed by atoms with Gasteiger partial charge in [-0.05, 0) is 38.1 Å².